The zero-order valence-electron chi connectivity index (χ0n) is 14.5. The quantitative estimate of drug-likeness (QED) is 0.926. The molecule has 1 aromatic rings. The van der Waals surface area contributed by atoms with Crippen molar-refractivity contribution in [3.8, 4) is 11.5 Å². The molecule has 1 aromatic carbocycles. The highest BCUT2D eigenvalue weighted by atomic mass is 16.5. The van der Waals surface area contributed by atoms with Crippen LogP contribution in [0.4, 0.5) is 0 Å². The van der Waals surface area contributed by atoms with Gasteiger partial charge < -0.3 is 19.5 Å². The van der Waals surface area contributed by atoms with E-state index in [1.807, 2.05) is 6.07 Å². The Bertz CT molecular complexity index is 611. The minimum Gasteiger partial charge on any atom is -0.493 e. The normalized spacial score (nSPS) is 27.0. The van der Waals surface area contributed by atoms with Crippen LogP contribution in [0.15, 0.2) is 30.0 Å². The molecule has 0 aromatic heterocycles. The molecule has 3 rings (SSSR count). The van der Waals surface area contributed by atoms with Crippen molar-refractivity contribution in [2.45, 2.75) is 50.7 Å². The third kappa shape index (κ3) is 2.59. The lowest BCUT2D eigenvalue weighted by Crippen LogP contribution is -2.36. The number of nitrogens with zero attached hydrogens (tertiary/aromatic N) is 1. The van der Waals surface area contributed by atoms with Gasteiger partial charge in [0.05, 0.1) is 20.3 Å². The highest BCUT2D eigenvalue weighted by molar-refractivity contribution is 5.49. The standard InChI is InChI=1S/C19H27NO3/c1-13(2)20-10-9-19(8-7-15(21)12-18(19)20)14-5-6-16(22-3)17(11-14)23-4/h5-6,11-13,15,21H,7-10H2,1-4H3/t15-,19+/m1/s1. The summed E-state index contributed by atoms with van der Waals surface area (Å²) in [5.41, 5.74) is 2.53. The molecular formula is C19H27NO3. The molecule has 1 N–H and O–H groups in total. The molecular weight excluding hydrogens is 290 g/mol. The van der Waals surface area contributed by atoms with Gasteiger partial charge in [0.25, 0.3) is 0 Å². The van der Waals surface area contributed by atoms with Gasteiger partial charge in [0.1, 0.15) is 0 Å². The van der Waals surface area contributed by atoms with E-state index in [9.17, 15) is 5.11 Å². The average molecular weight is 317 g/mol. The Morgan fingerprint density at radius 2 is 1.91 bits per heavy atom. The second kappa shape index (κ2) is 6.08. The number of ether oxygens (including phenoxy) is 2. The van der Waals surface area contributed by atoms with Crippen LogP contribution < -0.4 is 9.47 Å². The molecule has 0 amide bonds. The van der Waals surface area contributed by atoms with Gasteiger partial charge in [0, 0.05) is 23.7 Å². The maximum atomic E-state index is 10.2. The first-order valence-electron chi connectivity index (χ1n) is 8.41. The molecule has 0 unspecified atom stereocenters. The van der Waals surface area contributed by atoms with Gasteiger partial charge in [0.2, 0.25) is 0 Å². The number of hydrogen-bond donors (Lipinski definition) is 1. The Hall–Kier alpha value is -1.68. The fourth-order valence-electron chi connectivity index (χ4n) is 4.11. The van der Waals surface area contributed by atoms with E-state index in [1.165, 1.54) is 11.3 Å². The molecule has 1 aliphatic heterocycles. The minimum absolute atomic E-state index is 0.0109. The molecule has 2 atom stereocenters. The fraction of sp³-hybridized carbons (Fsp3) is 0.579. The third-order valence-electron chi connectivity index (χ3n) is 5.36. The van der Waals surface area contributed by atoms with Gasteiger partial charge in [-0.25, -0.2) is 0 Å². The zero-order valence-corrected chi connectivity index (χ0v) is 14.5. The van der Waals surface area contributed by atoms with Crippen molar-refractivity contribution in [3.05, 3.63) is 35.5 Å². The molecule has 126 valence electrons. The Morgan fingerprint density at radius 1 is 1.17 bits per heavy atom. The van der Waals surface area contributed by atoms with Crippen molar-refractivity contribution in [3.63, 3.8) is 0 Å². The Kier molecular flexibility index (Phi) is 4.28. The predicted octanol–water partition coefficient (Wildman–Crippen LogP) is 3.09. The van der Waals surface area contributed by atoms with E-state index < -0.39 is 0 Å². The van der Waals surface area contributed by atoms with Crippen LogP contribution in [0.2, 0.25) is 0 Å². The Morgan fingerprint density at radius 3 is 2.57 bits per heavy atom. The summed E-state index contributed by atoms with van der Waals surface area (Å²) in [7, 11) is 3.34. The highest BCUT2D eigenvalue weighted by Crippen LogP contribution is 2.51. The van der Waals surface area contributed by atoms with Crippen LogP contribution >= 0.6 is 0 Å². The number of aliphatic hydroxyl groups excluding tert-OH is 1. The molecule has 0 radical (unpaired) electrons. The van der Waals surface area contributed by atoms with Crippen molar-refractivity contribution in [1.82, 2.24) is 4.90 Å². The summed E-state index contributed by atoms with van der Waals surface area (Å²) in [6, 6.07) is 6.68. The summed E-state index contributed by atoms with van der Waals surface area (Å²) in [4.78, 5) is 2.43. The van der Waals surface area contributed by atoms with Crippen LogP contribution in [-0.4, -0.2) is 42.9 Å². The molecule has 1 saturated heterocycles. The van der Waals surface area contributed by atoms with Gasteiger partial charge in [-0.1, -0.05) is 6.07 Å². The summed E-state index contributed by atoms with van der Waals surface area (Å²) in [5, 5.41) is 10.2. The molecule has 0 spiro atoms. The molecule has 4 heteroatoms. The maximum absolute atomic E-state index is 10.2. The molecule has 2 aliphatic rings. The van der Waals surface area contributed by atoms with Crippen molar-refractivity contribution < 1.29 is 14.6 Å². The first kappa shape index (κ1) is 16.2. The molecule has 0 saturated carbocycles. The van der Waals surface area contributed by atoms with Gasteiger partial charge >= 0.3 is 0 Å². The zero-order chi connectivity index (χ0) is 16.6. The average Bonchev–Trinajstić information content (AvgIpc) is 2.94. The van der Waals surface area contributed by atoms with E-state index in [0.717, 1.165) is 37.3 Å². The predicted molar refractivity (Wildman–Crippen MR) is 91.0 cm³/mol. The SMILES string of the molecule is COc1ccc([C@@]23CC[C@@H](O)C=C2N(C(C)C)CC3)cc1OC. The summed E-state index contributed by atoms with van der Waals surface area (Å²) in [5.74, 6) is 1.53. The van der Waals surface area contributed by atoms with Gasteiger partial charge in [-0.05, 0) is 56.9 Å². The fourth-order valence-corrected chi connectivity index (χ4v) is 4.11. The number of likely N-dealkylation sites (tertiary alicyclic amines) is 1. The lowest BCUT2D eigenvalue weighted by Gasteiger charge is -2.39. The molecule has 4 nitrogen and oxygen atoms in total. The van der Waals surface area contributed by atoms with Crippen LogP contribution in [0.3, 0.4) is 0 Å². The molecule has 0 bridgehead atoms. The summed E-state index contributed by atoms with van der Waals surface area (Å²) in [6.45, 7) is 5.46. The highest BCUT2D eigenvalue weighted by Gasteiger charge is 2.47. The van der Waals surface area contributed by atoms with Gasteiger partial charge in [-0.15, -0.1) is 0 Å². The topological polar surface area (TPSA) is 41.9 Å². The Labute approximate surface area is 138 Å². The number of benzene rings is 1. The third-order valence-corrected chi connectivity index (χ3v) is 5.36. The van der Waals surface area contributed by atoms with Gasteiger partial charge in [0.15, 0.2) is 11.5 Å². The van der Waals surface area contributed by atoms with E-state index in [4.69, 9.17) is 9.47 Å². The lowest BCUT2D eigenvalue weighted by atomic mass is 9.70. The summed E-state index contributed by atoms with van der Waals surface area (Å²) in [6.07, 6.45) is 4.59. The van der Waals surface area contributed by atoms with Crippen molar-refractivity contribution in [2.75, 3.05) is 20.8 Å². The van der Waals surface area contributed by atoms with Crippen LogP contribution in [0.25, 0.3) is 0 Å². The number of methoxy groups -OCH3 is 2. The van der Waals surface area contributed by atoms with Crippen LogP contribution in [0.5, 0.6) is 11.5 Å². The van der Waals surface area contributed by atoms with E-state index in [0.29, 0.717) is 6.04 Å². The van der Waals surface area contributed by atoms with E-state index >= 15 is 0 Å². The Balaban J connectivity index is 2.08. The van der Waals surface area contributed by atoms with Crippen LogP contribution in [-0.2, 0) is 5.41 Å². The van der Waals surface area contributed by atoms with E-state index in [1.54, 1.807) is 14.2 Å². The first-order valence-corrected chi connectivity index (χ1v) is 8.41. The largest absolute Gasteiger partial charge is 0.493 e. The molecule has 1 aliphatic carbocycles. The smallest absolute Gasteiger partial charge is 0.161 e. The first-order chi connectivity index (χ1) is 11.0. The maximum Gasteiger partial charge on any atom is 0.161 e. The summed E-state index contributed by atoms with van der Waals surface area (Å²) < 4.78 is 10.9. The van der Waals surface area contributed by atoms with Gasteiger partial charge in [-0.3, -0.25) is 0 Å². The number of aliphatic hydroxyl groups is 1. The summed E-state index contributed by atoms with van der Waals surface area (Å²) >= 11 is 0. The van der Waals surface area contributed by atoms with Crippen molar-refractivity contribution >= 4 is 0 Å². The van der Waals surface area contributed by atoms with Crippen LogP contribution in [0.1, 0.15) is 38.7 Å². The number of fused-ring (bicyclic) bond motifs is 1. The number of rotatable bonds is 4. The lowest BCUT2D eigenvalue weighted by molar-refractivity contribution is 0.177. The molecule has 1 heterocycles. The van der Waals surface area contributed by atoms with Crippen LogP contribution in [0, 0.1) is 0 Å². The second-order valence-electron chi connectivity index (χ2n) is 6.85. The number of hydrogen-bond acceptors (Lipinski definition) is 4. The number of allylic oxidation sites excluding steroid dienone is 1. The van der Waals surface area contributed by atoms with E-state index in [2.05, 4.69) is 37.0 Å². The molecule has 23 heavy (non-hydrogen) atoms. The van der Waals surface area contributed by atoms with Gasteiger partial charge in [-0.2, -0.15) is 0 Å². The van der Waals surface area contributed by atoms with E-state index in [-0.39, 0.29) is 11.5 Å². The minimum atomic E-state index is -0.336. The van der Waals surface area contributed by atoms with Crippen molar-refractivity contribution in [2.24, 2.45) is 0 Å². The molecule has 1 fully saturated rings. The van der Waals surface area contributed by atoms with Crippen molar-refractivity contribution in [1.29, 1.82) is 0 Å². The second-order valence-corrected chi connectivity index (χ2v) is 6.85. The monoisotopic (exact) mass is 317 g/mol.